The van der Waals surface area contributed by atoms with Crippen LogP contribution in [0, 0.1) is 11.3 Å². The lowest BCUT2D eigenvalue weighted by atomic mass is 10.3. The largest absolute Gasteiger partial charge is 0.264 e. The van der Waals surface area contributed by atoms with Gasteiger partial charge >= 0.3 is 0 Å². The van der Waals surface area contributed by atoms with E-state index in [4.69, 9.17) is 5.26 Å². The second-order valence-corrected chi connectivity index (χ2v) is 3.33. The summed E-state index contributed by atoms with van der Waals surface area (Å²) in [5.74, 6) is 0.568. The Balaban J connectivity index is 0.000000148. The summed E-state index contributed by atoms with van der Waals surface area (Å²) in [6, 6.07) is 9.11. The number of pyridine rings is 2. The lowest BCUT2D eigenvalue weighted by Crippen LogP contribution is -1.80. The summed E-state index contributed by atoms with van der Waals surface area (Å²) < 4.78 is 0. The molecule has 0 aliphatic carbocycles. The highest BCUT2D eigenvalue weighted by atomic mass is 15.5. The van der Waals surface area contributed by atoms with E-state index in [0.29, 0.717) is 11.4 Å². The zero-order valence-corrected chi connectivity index (χ0v) is 9.80. The third-order valence-electron chi connectivity index (χ3n) is 2.06. The summed E-state index contributed by atoms with van der Waals surface area (Å²) in [6.45, 7) is 0. The van der Waals surface area contributed by atoms with Crippen molar-refractivity contribution in [3.63, 3.8) is 0 Å². The van der Waals surface area contributed by atoms with Crippen LogP contribution in [0.2, 0.25) is 0 Å². The molecular weight excluding hydrogens is 242 g/mol. The van der Waals surface area contributed by atoms with Gasteiger partial charge in [0.15, 0.2) is 0 Å². The van der Waals surface area contributed by atoms with E-state index in [1.807, 2.05) is 18.2 Å². The summed E-state index contributed by atoms with van der Waals surface area (Å²) in [6.07, 6.45) is 6.55. The van der Waals surface area contributed by atoms with Gasteiger partial charge < -0.3 is 0 Å². The highest BCUT2D eigenvalue weighted by Gasteiger charge is 1.99. The van der Waals surface area contributed by atoms with Crippen LogP contribution in [-0.2, 0) is 0 Å². The van der Waals surface area contributed by atoms with Gasteiger partial charge in [-0.05, 0) is 29.5 Å². The molecule has 0 aliphatic heterocycles. The minimum absolute atomic E-state index is 0.568. The van der Waals surface area contributed by atoms with Crippen LogP contribution in [0.4, 0.5) is 0 Å². The molecule has 0 saturated heterocycles. The van der Waals surface area contributed by atoms with Gasteiger partial charge in [-0.1, -0.05) is 0 Å². The van der Waals surface area contributed by atoms with Gasteiger partial charge in [-0.15, -0.1) is 10.2 Å². The molecule has 7 heteroatoms. The van der Waals surface area contributed by atoms with Crippen molar-refractivity contribution in [1.82, 2.24) is 30.6 Å². The van der Waals surface area contributed by atoms with Gasteiger partial charge in [0.05, 0.1) is 5.56 Å². The number of nitrogens with zero attached hydrogens (tertiary/aromatic N) is 6. The minimum Gasteiger partial charge on any atom is -0.264 e. The van der Waals surface area contributed by atoms with E-state index in [1.54, 1.807) is 30.7 Å². The van der Waals surface area contributed by atoms with E-state index in [2.05, 4.69) is 30.6 Å². The van der Waals surface area contributed by atoms with Crippen molar-refractivity contribution in [3.8, 4) is 17.5 Å². The van der Waals surface area contributed by atoms with Crippen LogP contribution in [0.5, 0.6) is 0 Å². The number of nitrogens with one attached hydrogen (secondary N) is 1. The van der Waals surface area contributed by atoms with Crippen LogP contribution in [-0.4, -0.2) is 30.6 Å². The van der Waals surface area contributed by atoms with Crippen LogP contribution < -0.4 is 0 Å². The molecule has 0 amide bonds. The Hall–Kier alpha value is -3.14. The molecule has 0 saturated carbocycles. The van der Waals surface area contributed by atoms with Gasteiger partial charge in [0.2, 0.25) is 5.82 Å². The van der Waals surface area contributed by atoms with E-state index in [-0.39, 0.29) is 0 Å². The SMILES string of the molecule is N#Cc1cccnc1.c1cncc(-c2nn[nH]n2)c1. The number of hydrogen-bond acceptors (Lipinski definition) is 6. The molecule has 0 spiro atoms. The smallest absolute Gasteiger partial charge is 0.206 e. The van der Waals surface area contributed by atoms with Crippen LogP contribution in [0.1, 0.15) is 5.56 Å². The van der Waals surface area contributed by atoms with Crippen molar-refractivity contribution in [2.45, 2.75) is 0 Å². The maximum absolute atomic E-state index is 8.25. The molecule has 19 heavy (non-hydrogen) atoms. The van der Waals surface area contributed by atoms with Gasteiger partial charge in [-0.25, -0.2) is 0 Å². The number of nitriles is 1. The predicted octanol–water partition coefficient (Wildman–Crippen LogP) is 1.21. The van der Waals surface area contributed by atoms with Gasteiger partial charge in [0.1, 0.15) is 6.07 Å². The Kier molecular flexibility index (Phi) is 4.25. The number of tetrazole rings is 1. The van der Waals surface area contributed by atoms with Crippen molar-refractivity contribution < 1.29 is 0 Å². The van der Waals surface area contributed by atoms with E-state index in [1.165, 1.54) is 6.20 Å². The molecule has 92 valence electrons. The summed E-state index contributed by atoms with van der Waals surface area (Å²) in [5, 5.41) is 21.7. The molecule has 3 heterocycles. The first-order valence-corrected chi connectivity index (χ1v) is 5.34. The quantitative estimate of drug-likeness (QED) is 0.697. The molecule has 0 bridgehead atoms. The fourth-order valence-corrected chi connectivity index (χ4v) is 1.21. The molecule has 0 aliphatic rings. The number of aromatic nitrogens is 6. The number of hydrogen-bond donors (Lipinski definition) is 1. The van der Waals surface area contributed by atoms with E-state index in [9.17, 15) is 0 Å². The number of aromatic amines is 1. The predicted molar refractivity (Wildman–Crippen MR) is 66.4 cm³/mol. The summed E-state index contributed by atoms with van der Waals surface area (Å²) >= 11 is 0. The van der Waals surface area contributed by atoms with Crippen molar-refractivity contribution >= 4 is 0 Å². The molecule has 3 rings (SSSR count). The molecule has 1 N–H and O–H groups in total. The highest BCUT2D eigenvalue weighted by Crippen LogP contribution is 2.08. The van der Waals surface area contributed by atoms with Gasteiger partial charge in [-0.3, -0.25) is 9.97 Å². The fourth-order valence-electron chi connectivity index (χ4n) is 1.21. The Morgan fingerprint density at radius 3 is 2.32 bits per heavy atom. The lowest BCUT2D eigenvalue weighted by Gasteiger charge is -1.88. The molecular formula is C12H9N7. The van der Waals surface area contributed by atoms with E-state index >= 15 is 0 Å². The van der Waals surface area contributed by atoms with E-state index in [0.717, 1.165) is 5.56 Å². The Bertz CT molecular complexity index is 629. The maximum atomic E-state index is 8.25. The summed E-state index contributed by atoms with van der Waals surface area (Å²) in [7, 11) is 0. The molecule has 0 fully saturated rings. The third-order valence-corrected chi connectivity index (χ3v) is 2.06. The normalized spacial score (nSPS) is 9.00. The third kappa shape index (κ3) is 3.67. The zero-order chi connectivity index (χ0) is 13.3. The molecule has 7 nitrogen and oxygen atoms in total. The van der Waals surface area contributed by atoms with Crippen molar-refractivity contribution in [2.24, 2.45) is 0 Å². The highest BCUT2D eigenvalue weighted by molar-refractivity contribution is 5.51. The van der Waals surface area contributed by atoms with Crippen molar-refractivity contribution in [3.05, 3.63) is 54.6 Å². The van der Waals surface area contributed by atoms with Gasteiger partial charge in [0, 0.05) is 30.4 Å². The van der Waals surface area contributed by atoms with Crippen LogP contribution in [0.15, 0.2) is 49.1 Å². The van der Waals surface area contributed by atoms with Gasteiger partial charge in [0.25, 0.3) is 0 Å². The summed E-state index contributed by atoms with van der Waals surface area (Å²) in [4.78, 5) is 7.65. The van der Waals surface area contributed by atoms with E-state index < -0.39 is 0 Å². The van der Waals surface area contributed by atoms with Crippen molar-refractivity contribution in [1.29, 1.82) is 5.26 Å². The average molecular weight is 251 g/mol. The second-order valence-electron chi connectivity index (χ2n) is 3.33. The number of rotatable bonds is 1. The first-order chi connectivity index (χ1) is 9.40. The Morgan fingerprint density at radius 1 is 1.05 bits per heavy atom. The topological polar surface area (TPSA) is 104 Å². The molecule has 3 aromatic rings. The molecule has 0 radical (unpaired) electrons. The number of H-pyrrole nitrogens is 1. The zero-order valence-electron chi connectivity index (χ0n) is 9.80. The molecule has 0 unspecified atom stereocenters. The fraction of sp³-hybridized carbons (Fsp3) is 0. The monoisotopic (exact) mass is 251 g/mol. The first-order valence-electron chi connectivity index (χ1n) is 5.34. The van der Waals surface area contributed by atoms with Crippen LogP contribution >= 0.6 is 0 Å². The first kappa shape index (κ1) is 12.3. The maximum Gasteiger partial charge on any atom is 0.206 e. The molecule has 0 atom stereocenters. The summed E-state index contributed by atoms with van der Waals surface area (Å²) in [5.41, 5.74) is 1.47. The van der Waals surface area contributed by atoms with Crippen molar-refractivity contribution in [2.75, 3.05) is 0 Å². The van der Waals surface area contributed by atoms with Gasteiger partial charge in [-0.2, -0.15) is 10.5 Å². The molecule has 3 aromatic heterocycles. The van der Waals surface area contributed by atoms with Crippen LogP contribution in [0.3, 0.4) is 0 Å². The average Bonchev–Trinajstić information content (AvgIpc) is 3.04. The standard InChI is InChI=1S/C6H5N5.C6H4N2/c1-2-5(4-7-3-1)6-8-10-11-9-6;7-4-6-2-1-3-8-5-6/h1-4H,(H,8,9,10,11);1-3,5H. The minimum atomic E-state index is 0.568. The Labute approximate surface area is 109 Å². The molecule has 0 aromatic carbocycles. The van der Waals surface area contributed by atoms with Crippen LogP contribution in [0.25, 0.3) is 11.4 Å². The second kappa shape index (κ2) is 6.56. The Morgan fingerprint density at radius 2 is 1.84 bits per heavy atom. The lowest BCUT2D eigenvalue weighted by molar-refractivity contribution is 0.881.